The smallest absolute Gasteiger partial charge is 0.243 e. The first-order chi connectivity index (χ1) is 13.6. The number of rotatable bonds is 6. The lowest BCUT2D eigenvalue weighted by atomic mass is 10.1. The molecule has 2 unspecified atom stereocenters. The molecule has 0 radical (unpaired) electrons. The van der Waals surface area contributed by atoms with Crippen LogP contribution in [-0.2, 0) is 16.1 Å². The summed E-state index contributed by atoms with van der Waals surface area (Å²) in [5.74, 6) is 0.726. The van der Waals surface area contributed by atoms with Crippen molar-refractivity contribution < 1.29 is 9.53 Å². The highest BCUT2D eigenvalue weighted by molar-refractivity contribution is 14.0. The van der Waals surface area contributed by atoms with Crippen molar-refractivity contribution in [2.45, 2.75) is 18.7 Å². The van der Waals surface area contributed by atoms with Gasteiger partial charge in [0.25, 0.3) is 0 Å². The van der Waals surface area contributed by atoms with Crippen LogP contribution in [0.25, 0.3) is 0 Å². The highest BCUT2D eigenvalue weighted by Gasteiger charge is 2.41. The van der Waals surface area contributed by atoms with Gasteiger partial charge in [-0.25, -0.2) is 4.99 Å². The number of nitrogens with one attached hydrogen (secondary N) is 1. The number of morpholine rings is 1. The molecule has 1 aromatic rings. The van der Waals surface area contributed by atoms with E-state index in [1.54, 1.807) is 25.1 Å². The molecule has 2 heterocycles. The van der Waals surface area contributed by atoms with Gasteiger partial charge < -0.3 is 19.9 Å². The molecule has 1 N–H and O–H groups in total. The van der Waals surface area contributed by atoms with Gasteiger partial charge in [-0.15, -0.1) is 30.6 Å². The number of likely N-dealkylation sites (N-methyl/N-ethyl adjacent to an activating group) is 1. The molecule has 2 aliphatic rings. The van der Waals surface area contributed by atoms with Crippen molar-refractivity contribution in [2.24, 2.45) is 4.99 Å². The van der Waals surface area contributed by atoms with Crippen LogP contribution in [0.15, 0.2) is 48.0 Å². The topological polar surface area (TPSA) is 60.4 Å². The van der Waals surface area contributed by atoms with E-state index in [0.717, 1.165) is 38.7 Å². The van der Waals surface area contributed by atoms with Gasteiger partial charge in [0, 0.05) is 46.8 Å². The van der Waals surface area contributed by atoms with Crippen LogP contribution in [0.4, 0.5) is 0 Å². The number of halogens is 1. The van der Waals surface area contributed by atoms with Gasteiger partial charge >= 0.3 is 0 Å². The Morgan fingerprint density at radius 3 is 2.79 bits per heavy atom. The molecule has 7 nitrogen and oxygen atoms in total. The van der Waals surface area contributed by atoms with Gasteiger partial charge in [0.1, 0.15) is 6.54 Å². The summed E-state index contributed by atoms with van der Waals surface area (Å²) in [6, 6.07) is 10.9. The normalized spacial score (nSPS) is 21.9. The number of fused-ring (bicyclic) bond motifs is 1. The molecule has 0 bridgehead atoms. The van der Waals surface area contributed by atoms with Crippen LogP contribution < -0.4 is 5.32 Å². The lowest BCUT2D eigenvalue weighted by Gasteiger charge is -2.36. The maximum absolute atomic E-state index is 12.0. The summed E-state index contributed by atoms with van der Waals surface area (Å²) < 4.78 is 6.06. The average Bonchev–Trinajstić information content (AvgIpc) is 3.13. The van der Waals surface area contributed by atoms with E-state index in [0.29, 0.717) is 12.6 Å². The number of carbonyl (C=O) groups excluding carboxylic acids is 1. The van der Waals surface area contributed by atoms with Crippen LogP contribution in [0.2, 0.25) is 0 Å². The number of ether oxygens (including phenoxy) is 1. The number of benzene rings is 1. The van der Waals surface area contributed by atoms with E-state index in [1.807, 2.05) is 6.07 Å². The highest BCUT2D eigenvalue weighted by atomic mass is 127. The zero-order valence-electron chi connectivity index (χ0n) is 17.3. The molecule has 0 aromatic heterocycles. The summed E-state index contributed by atoms with van der Waals surface area (Å²) in [5, 5.41) is 3.29. The fourth-order valence-corrected chi connectivity index (χ4v) is 3.66. The molecule has 2 atom stereocenters. The molecule has 3 rings (SSSR count). The quantitative estimate of drug-likeness (QED) is 0.270. The third kappa shape index (κ3) is 6.42. The Morgan fingerprint density at radius 2 is 2.10 bits per heavy atom. The molecule has 0 aliphatic carbocycles. The van der Waals surface area contributed by atoms with E-state index < -0.39 is 0 Å². The van der Waals surface area contributed by atoms with Crippen molar-refractivity contribution in [2.75, 3.05) is 53.4 Å². The monoisotopic (exact) mass is 513 g/mol. The largest absolute Gasteiger partial charge is 0.373 e. The van der Waals surface area contributed by atoms with Gasteiger partial charge in [-0.2, -0.15) is 0 Å². The summed E-state index contributed by atoms with van der Waals surface area (Å²) in [4.78, 5) is 22.8. The number of nitrogens with zero attached hydrogens (tertiary/aromatic N) is 4. The predicted octanol–water partition coefficient (Wildman–Crippen LogP) is 1.41. The standard InChI is InChI=1S/C21H31N5O2.HI/c1-4-10-22-21(23-13-20(27)24(2)3)26-15-18-19(16-26)28-12-11-25(18)14-17-8-6-5-7-9-17;/h4-9,18-19H,1,10-16H2,2-3H3,(H,22,23);1H. The first kappa shape index (κ1) is 23.6. The molecule has 1 aromatic carbocycles. The summed E-state index contributed by atoms with van der Waals surface area (Å²) in [6.45, 7) is 8.70. The van der Waals surface area contributed by atoms with Gasteiger partial charge in [-0.3, -0.25) is 9.69 Å². The number of aliphatic imine (C=N–C) groups is 1. The molecule has 2 fully saturated rings. The van der Waals surface area contributed by atoms with E-state index in [2.05, 4.69) is 51.0 Å². The maximum atomic E-state index is 12.0. The Bertz CT molecular complexity index is 698. The Balaban J connectivity index is 0.00000300. The van der Waals surface area contributed by atoms with Gasteiger partial charge in [-0.05, 0) is 5.56 Å². The van der Waals surface area contributed by atoms with Crippen molar-refractivity contribution in [3.8, 4) is 0 Å². The fourth-order valence-electron chi connectivity index (χ4n) is 3.66. The van der Waals surface area contributed by atoms with E-state index in [-0.39, 0.29) is 42.5 Å². The average molecular weight is 513 g/mol. The maximum Gasteiger partial charge on any atom is 0.243 e. The third-order valence-corrected chi connectivity index (χ3v) is 5.21. The van der Waals surface area contributed by atoms with Crippen LogP contribution in [0.3, 0.4) is 0 Å². The first-order valence-electron chi connectivity index (χ1n) is 9.82. The number of hydrogen-bond donors (Lipinski definition) is 1. The molecule has 2 saturated heterocycles. The molecule has 1 amide bonds. The van der Waals surface area contributed by atoms with Crippen LogP contribution in [0.1, 0.15) is 5.56 Å². The number of hydrogen-bond acceptors (Lipinski definition) is 4. The number of guanidine groups is 1. The van der Waals surface area contributed by atoms with Gasteiger partial charge in [0.15, 0.2) is 5.96 Å². The van der Waals surface area contributed by atoms with Crippen molar-refractivity contribution in [1.29, 1.82) is 0 Å². The number of likely N-dealkylation sites (tertiary alicyclic amines) is 1. The zero-order chi connectivity index (χ0) is 19.9. The van der Waals surface area contributed by atoms with Gasteiger partial charge in [0.05, 0.1) is 18.8 Å². The minimum absolute atomic E-state index is 0. The zero-order valence-corrected chi connectivity index (χ0v) is 19.6. The number of amides is 1. The van der Waals surface area contributed by atoms with Crippen LogP contribution in [0, 0.1) is 0 Å². The molecular formula is C21H32IN5O2. The Labute approximate surface area is 190 Å². The van der Waals surface area contributed by atoms with Crippen LogP contribution in [0.5, 0.6) is 0 Å². The summed E-state index contributed by atoms with van der Waals surface area (Å²) in [6.07, 6.45) is 1.95. The number of carbonyl (C=O) groups is 1. The molecule has 0 spiro atoms. The Hall–Kier alpha value is -1.65. The van der Waals surface area contributed by atoms with Crippen LogP contribution in [-0.4, -0.2) is 92.1 Å². The highest BCUT2D eigenvalue weighted by Crippen LogP contribution is 2.24. The lowest BCUT2D eigenvalue weighted by Crippen LogP contribution is -2.50. The van der Waals surface area contributed by atoms with E-state index in [4.69, 9.17) is 4.74 Å². The van der Waals surface area contributed by atoms with Gasteiger partial charge in [-0.1, -0.05) is 36.4 Å². The fraction of sp³-hybridized carbons (Fsp3) is 0.524. The van der Waals surface area contributed by atoms with Crippen LogP contribution >= 0.6 is 24.0 Å². The van der Waals surface area contributed by atoms with E-state index >= 15 is 0 Å². The lowest BCUT2D eigenvalue weighted by molar-refractivity contribution is -0.127. The molecule has 29 heavy (non-hydrogen) atoms. The van der Waals surface area contributed by atoms with Crippen molar-refractivity contribution in [3.05, 3.63) is 48.6 Å². The van der Waals surface area contributed by atoms with E-state index in [9.17, 15) is 4.79 Å². The predicted molar refractivity (Wildman–Crippen MR) is 127 cm³/mol. The molecule has 0 saturated carbocycles. The molecular weight excluding hydrogens is 481 g/mol. The van der Waals surface area contributed by atoms with Crippen molar-refractivity contribution >= 4 is 35.8 Å². The minimum atomic E-state index is -0.0172. The second kappa shape index (κ2) is 11.5. The van der Waals surface area contributed by atoms with Gasteiger partial charge in [0.2, 0.25) is 5.91 Å². The third-order valence-electron chi connectivity index (χ3n) is 5.21. The Kier molecular flexibility index (Phi) is 9.38. The molecule has 8 heteroatoms. The second-order valence-corrected chi connectivity index (χ2v) is 7.44. The van der Waals surface area contributed by atoms with Crippen molar-refractivity contribution in [1.82, 2.24) is 20.0 Å². The summed E-state index contributed by atoms with van der Waals surface area (Å²) >= 11 is 0. The van der Waals surface area contributed by atoms with E-state index in [1.165, 1.54) is 5.56 Å². The molecule has 160 valence electrons. The Morgan fingerprint density at radius 1 is 1.34 bits per heavy atom. The minimum Gasteiger partial charge on any atom is -0.373 e. The van der Waals surface area contributed by atoms with Crippen molar-refractivity contribution in [3.63, 3.8) is 0 Å². The summed E-state index contributed by atoms with van der Waals surface area (Å²) in [7, 11) is 3.49. The second-order valence-electron chi connectivity index (χ2n) is 7.44. The SMILES string of the molecule is C=CCNC(=NCC(=O)N(C)C)N1CC2OCCN(Cc3ccccc3)C2C1.I. The summed E-state index contributed by atoms with van der Waals surface area (Å²) in [5.41, 5.74) is 1.32. The molecule has 2 aliphatic heterocycles. The first-order valence-corrected chi connectivity index (χ1v) is 9.82.